The third kappa shape index (κ3) is 4.15. The summed E-state index contributed by atoms with van der Waals surface area (Å²) in [6, 6.07) is 12.4. The maximum Gasteiger partial charge on any atom is 0.255 e. The van der Waals surface area contributed by atoms with Crippen molar-refractivity contribution < 1.29 is 14.3 Å². The molecule has 2 amide bonds. The van der Waals surface area contributed by atoms with E-state index < -0.39 is 0 Å². The van der Waals surface area contributed by atoms with Crippen molar-refractivity contribution in [1.29, 1.82) is 0 Å². The summed E-state index contributed by atoms with van der Waals surface area (Å²) in [6.45, 7) is 1.13. The lowest BCUT2D eigenvalue weighted by molar-refractivity contribution is -0.117. The lowest BCUT2D eigenvalue weighted by Crippen LogP contribution is -2.24. The molecule has 3 rings (SSSR count). The Morgan fingerprint density at radius 1 is 1.23 bits per heavy atom. The van der Waals surface area contributed by atoms with Crippen LogP contribution >= 0.6 is 12.4 Å². The number of amides is 2. The highest BCUT2D eigenvalue weighted by atomic mass is 35.5. The van der Waals surface area contributed by atoms with Gasteiger partial charge in [0.05, 0.1) is 12.8 Å². The van der Waals surface area contributed by atoms with Gasteiger partial charge in [0.15, 0.2) is 0 Å². The van der Waals surface area contributed by atoms with Gasteiger partial charge in [0.2, 0.25) is 5.91 Å². The summed E-state index contributed by atoms with van der Waals surface area (Å²) in [5, 5.41) is 2.85. The molecule has 0 saturated carbocycles. The predicted octanol–water partition coefficient (Wildman–Crippen LogP) is 2.95. The summed E-state index contributed by atoms with van der Waals surface area (Å²) in [5.41, 5.74) is 8.43. The Bertz CT molecular complexity index is 793. The lowest BCUT2D eigenvalue weighted by atomic mass is 10.1. The van der Waals surface area contributed by atoms with E-state index in [0.29, 0.717) is 36.5 Å². The number of methoxy groups -OCH3 is 1. The van der Waals surface area contributed by atoms with Crippen LogP contribution < -0.4 is 20.7 Å². The smallest absolute Gasteiger partial charge is 0.255 e. The van der Waals surface area contributed by atoms with Gasteiger partial charge in [-0.15, -0.1) is 12.4 Å². The first kappa shape index (κ1) is 19.8. The highest BCUT2D eigenvalue weighted by molar-refractivity contribution is 6.05. The first-order valence-electron chi connectivity index (χ1n) is 8.21. The van der Waals surface area contributed by atoms with Crippen LogP contribution in [0, 0.1) is 0 Å². The Kier molecular flexibility index (Phi) is 6.60. The first-order chi connectivity index (χ1) is 12.1. The number of halogens is 1. The number of nitrogens with two attached hydrogens (primary N) is 1. The molecule has 0 bridgehead atoms. The van der Waals surface area contributed by atoms with Gasteiger partial charge in [-0.3, -0.25) is 9.59 Å². The average Bonchev–Trinajstić information content (AvgIpc) is 3.07. The van der Waals surface area contributed by atoms with Crippen molar-refractivity contribution in [3.05, 3.63) is 53.6 Å². The van der Waals surface area contributed by atoms with Crippen LogP contribution in [-0.4, -0.2) is 25.5 Å². The molecule has 1 aliphatic rings. The molecule has 1 aliphatic heterocycles. The summed E-state index contributed by atoms with van der Waals surface area (Å²) >= 11 is 0. The summed E-state index contributed by atoms with van der Waals surface area (Å²) in [7, 11) is 1.55. The Hall–Kier alpha value is -2.57. The van der Waals surface area contributed by atoms with Gasteiger partial charge in [-0.25, -0.2) is 0 Å². The Labute approximate surface area is 158 Å². The van der Waals surface area contributed by atoms with Crippen LogP contribution in [0.3, 0.4) is 0 Å². The van der Waals surface area contributed by atoms with Crippen LogP contribution in [0.2, 0.25) is 0 Å². The van der Waals surface area contributed by atoms with Gasteiger partial charge in [-0.2, -0.15) is 0 Å². The van der Waals surface area contributed by atoms with Crippen LogP contribution in [0.4, 0.5) is 11.4 Å². The second-order valence-corrected chi connectivity index (χ2v) is 5.89. The van der Waals surface area contributed by atoms with Gasteiger partial charge in [-0.05, 0) is 36.2 Å². The summed E-state index contributed by atoms with van der Waals surface area (Å²) in [4.78, 5) is 26.0. The fourth-order valence-corrected chi connectivity index (χ4v) is 2.88. The maximum absolute atomic E-state index is 12.4. The molecular weight excluding hydrogens is 354 g/mol. The van der Waals surface area contributed by atoms with E-state index in [1.54, 1.807) is 42.3 Å². The van der Waals surface area contributed by atoms with E-state index in [1.807, 2.05) is 12.1 Å². The largest absolute Gasteiger partial charge is 0.494 e. The second kappa shape index (κ2) is 8.69. The minimum atomic E-state index is -0.212. The Balaban J connectivity index is 0.00000243. The summed E-state index contributed by atoms with van der Waals surface area (Å²) < 4.78 is 5.41. The number of rotatable bonds is 5. The molecule has 2 aromatic carbocycles. The van der Waals surface area contributed by atoms with Gasteiger partial charge in [0, 0.05) is 36.8 Å². The van der Waals surface area contributed by atoms with E-state index in [-0.39, 0.29) is 24.2 Å². The molecule has 6 nitrogen and oxygen atoms in total. The van der Waals surface area contributed by atoms with Crippen molar-refractivity contribution >= 4 is 35.6 Å². The van der Waals surface area contributed by atoms with E-state index in [9.17, 15) is 9.59 Å². The van der Waals surface area contributed by atoms with Gasteiger partial charge in [-0.1, -0.05) is 12.1 Å². The van der Waals surface area contributed by atoms with E-state index in [2.05, 4.69) is 5.32 Å². The monoisotopic (exact) mass is 375 g/mol. The first-order valence-corrected chi connectivity index (χ1v) is 8.21. The molecule has 0 radical (unpaired) electrons. The Morgan fingerprint density at radius 3 is 2.54 bits per heavy atom. The van der Waals surface area contributed by atoms with Crippen LogP contribution in [0.5, 0.6) is 5.75 Å². The molecule has 3 N–H and O–H groups in total. The highest BCUT2D eigenvalue weighted by Gasteiger charge is 2.24. The maximum atomic E-state index is 12.4. The number of hydrogen-bond acceptors (Lipinski definition) is 4. The molecule has 0 spiro atoms. The number of nitrogens with zero attached hydrogens (tertiary/aromatic N) is 1. The van der Waals surface area contributed by atoms with Gasteiger partial charge >= 0.3 is 0 Å². The predicted molar refractivity (Wildman–Crippen MR) is 104 cm³/mol. The highest BCUT2D eigenvalue weighted by Crippen LogP contribution is 2.33. The third-order valence-electron chi connectivity index (χ3n) is 4.25. The molecule has 0 unspecified atom stereocenters. The van der Waals surface area contributed by atoms with E-state index >= 15 is 0 Å². The van der Waals surface area contributed by atoms with Crippen molar-refractivity contribution in [3.8, 4) is 5.75 Å². The summed E-state index contributed by atoms with van der Waals surface area (Å²) in [5.74, 6) is 0.442. The molecule has 1 fully saturated rings. The average molecular weight is 376 g/mol. The molecule has 2 aromatic rings. The van der Waals surface area contributed by atoms with Gasteiger partial charge in [0.1, 0.15) is 5.75 Å². The van der Waals surface area contributed by atoms with E-state index in [4.69, 9.17) is 10.5 Å². The molecule has 1 heterocycles. The number of hydrogen-bond donors (Lipinski definition) is 2. The number of benzene rings is 2. The zero-order valence-corrected chi connectivity index (χ0v) is 15.3. The van der Waals surface area contributed by atoms with Crippen LogP contribution in [0.15, 0.2) is 42.5 Å². The molecule has 138 valence electrons. The summed E-state index contributed by atoms with van der Waals surface area (Å²) in [6.07, 6.45) is 1.40. The van der Waals surface area contributed by atoms with Gasteiger partial charge < -0.3 is 20.7 Å². The zero-order chi connectivity index (χ0) is 17.8. The molecule has 7 heteroatoms. The van der Waals surface area contributed by atoms with Crippen molar-refractivity contribution in [1.82, 2.24) is 0 Å². The van der Waals surface area contributed by atoms with Crippen LogP contribution in [0.25, 0.3) is 0 Å². The van der Waals surface area contributed by atoms with E-state index in [1.165, 1.54) is 0 Å². The number of anilines is 2. The van der Waals surface area contributed by atoms with Crippen molar-refractivity contribution in [2.24, 2.45) is 5.73 Å². The van der Waals surface area contributed by atoms with Crippen molar-refractivity contribution in [2.45, 2.75) is 19.4 Å². The van der Waals surface area contributed by atoms with Gasteiger partial charge in [0.25, 0.3) is 5.91 Å². The molecule has 26 heavy (non-hydrogen) atoms. The number of carbonyl (C=O) groups is 2. The molecule has 0 aliphatic carbocycles. The number of nitrogens with one attached hydrogen (secondary N) is 1. The number of carbonyl (C=O) groups excluding carboxylic acids is 2. The van der Waals surface area contributed by atoms with Crippen molar-refractivity contribution in [3.63, 3.8) is 0 Å². The van der Waals surface area contributed by atoms with Crippen molar-refractivity contribution in [2.75, 3.05) is 23.9 Å². The normalized spacial score (nSPS) is 13.3. The Morgan fingerprint density at radius 2 is 1.96 bits per heavy atom. The standard InChI is InChI=1S/C19H21N3O3.ClH/c1-25-17-11-15(8-9-16(17)22-10-2-3-18(22)23)21-19(24)14-6-4-13(12-20)5-7-14;/h4-9,11H,2-3,10,12,20H2,1H3,(H,21,24);1H. The second-order valence-electron chi connectivity index (χ2n) is 5.89. The fourth-order valence-electron chi connectivity index (χ4n) is 2.88. The quantitative estimate of drug-likeness (QED) is 0.841. The fraction of sp³-hybridized carbons (Fsp3) is 0.263. The minimum Gasteiger partial charge on any atom is -0.494 e. The SMILES string of the molecule is COc1cc(NC(=O)c2ccc(CN)cc2)ccc1N1CCCC1=O.Cl. The number of ether oxygens (including phenoxy) is 1. The van der Waals surface area contributed by atoms with Crippen LogP contribution in [0.1, 0.15) is 28.8 Å². The molecule has 1 saturated heterocycles. The minimum absolute atomic E-state index is 0. The molecular formula is C19H22ClN3O3. The molecule has 0 aromatic heterocycles. The zero-order valence-electron chi connectivity index (χ0n) is 14.5. The van der Waals surface area contributed by atoms with Crippen LogP contribution in [-0.2, 0) is 11.3 Å². The topological polar surface area (TPSA) is 84.7 Å². The lowest BCUT2D eigenvalue weighted by Gasteiger charge is -2.19. The third-order valence-corrected chi connectivity index (χ3v) is 4.25. The molecule has 0 atom stereocenters. The van der Waals surface area contributed by atoms with E-state index in [0.717, 1.165) is 17.7 Å².